The fourth-order valence-corrected chi connectivity index (χ4v) is 3.44. The molecule has 6 nitrogen and oxygen atoms in total. The molecule has 26 heavy (non-hydrogen) atoms. The lowest BCUT2D eigenvalue weighted by Crippen LogP contribution is -2.24. The molecule has 0 saturated heterocycles. The summed E-state index contributed by atoms with van der Waals surface area (Å²) in [7, 11) is 1.35. The molecule has 1 aromatic carbocycles. The SMILES string of the molecule is CCOC(=O)c1c(OC)c(=O)oc2cc(N(CC)CC)c(CC)c(C)c12. The Balaban J connectivity index is 2.97. The predicted octanol–water partition coefficient (Wildman–Crippen LogP) is 3.70. The van der Waals surface area contributed by atoms with E-state index < -0.39 is 11.6 Å². The van der Waals surface area contributed by atoms with E-state index in [0.717, 1.165) is 36.3 Å². The standard InChI is InChI=1S/C20H27NO5/c1-7-13-12(5)16-15(11-14(13)21(8-2)9-3)26-20(23)18(24-6)17(16)19(22)25-10-4/h11H,7-10H2,1-6H3. The highest BCUT2D eigenvalue weighted by Gasteiger charge is 2.26. The molecular formula is C20H27NO5. The average molecular weight is 361 g/mol. The molecule has 0 fully saturated rings. The molecule has 0 spiro atoms. The number of esters is 1. The van der Waals surface area contributed by atoms with Crippen molar-refractivity contribution in [3.8, 4) is 5.75 Å². The Morgan fingerprint density at radius 2 is 1.85 bits per heavy atom. The molecule has 1 aromatic heterocycles. The first kappa shape index (κ1) is 19.8. The van der Waals surface area contributed by atoms with Gasteiger partial charge in [-0.05, 0) is 45.2 Å². The first-order valence-electron chi connectivity index (χ1n) is 9.04. The molecule has 0 unspecified atom stereocenters. The summed E-state index contributed by atoms with van der Waals surface area (Å²) in [5.74, 6) is -0.695. The third kappa shape index (κ3) is 3.28. The number of ether oxygens (including phenoxy) is 2. The number of hydrogen-bond donors (Lipinski definition) is 0. The molecule has 1 heterocycles. The van der Waals surface area contributed by atoms with E-state index in [2.05, 4.69) is 25.7 Å². The number of carbonyl (C=O) groups is 1. The smallest absolute Gasteiger partial charge is 0.379 e. The minimum absolute atomic E-state index is 0.114. The summed E-state index contributed by atoms with van der Waals surface area (Å²) in [5.41, 5.74) is 2.86. The molecule has 0 aliphatic carbocycles. The summed E-state index contributed by atoms with van der Waals surface area (Å²) in [6.07, 6.45) is 0.789. The molecular weight excluding hydrogens is 334 g/mol. The van der Waals surface area contributed by atoms with Gasteiger partial charge in [-0.2, -0.15) is 0 Å². The zero-order chi connectivity index (χ0) is 19.4. The average Bonchev–Trinajstić information content (AvgIpc) is 2.62. The molecule has 0 bridgehead atoms. The largest absolute Gasteiger partial charge is 0.489 e. The summed E-state index contributed by atoms with van der Waals surface area (Å²) >= 11 is 0. The molecule has 0 aliphatic heterocycles. The molecule has 0 radical (unpaired) electrons. The van der Waals surface area contributed by atoms with Gasteiger partial charge in [-0.3, -0.25) is 0 Å². The molecule has 0 N–H and O–H groups in total. The molecule has 0 atom stereocenters. The van der Waals surface area contributed by atoms with E-state index in [9.17, 15) is 9.59 Å². The van der Waals surface area contributed by atoms with Gasteiger partial charge in [0.1, 0.15) is 11.1 Å². The zero-order valence-corrected chi connectivity index (χ0v) is 16.4. The topological polar surface area (TPSA) is 69.0 Å². The lowest BCUT2D eigenvalue weighted by atomic mass is 9.95. The molecule has 2 aromatic rings. The van der Waals surface area contributed by atoms with E-state index in [-0.39, 0.29) is 17.9 Å². The third-order valence-electron chi connectivity index (χ3n) is 4.66. The quantitative estimate of drug-likeness (QED) is 0.553. The van der Waals surface area contributed by atoms with E-state index >= 15 is 0 Å². The van der Waals surface area contributed by atoms with Gasteiger partial charge in [0.15, 0.2) is 0 Å². The lowest BCUT2D eigenvalue weighted by Gasteiger charge is -2.26. The second-order valence-corrected chi connectivity index (χ2v) is 5.92. The van der Waals surface area contributed by atoms with Gasteiger partial charge in [-0.25, -0.2) is 9.59 Å². The predicted molar refractivity (Wildman–Crippen MR) is 103 cm³/mol. The first-order chi connectivity index (χ1) is 12.4. The van der Waals surface area contributed by atoms with Crippen molar-refractivity contribution in [3.63, 3.8) is 0 Å². The van der Waals surface area contributed by atoms with E-state index in [1.54, 1.807) is 6.92 Å². The van der Waals surface area contributed by atoms with Gasteiger partial charge in [0.05, 0.1) is 13.7 Å². The summed E-state index contributed by atoms with van der Waals surface area (Å²) in [6, 6.07) is 1.84. The molecule has 0 aliphatic rings. The number of carbonyl (C=O) groups excluding carboxylic acids is 1. The Bertz CT molecular complexity index is 865. The van der Waals surface area contributed by atoms with E-state index in [0.29, 0.717) is 11.0 Å². The van der Waals surface area contributed by atoms with Crippen LogP contribution in [0.4, 0.5) is 5.69 Å². The molecule has 142 valence electrons. The number of fused-ring (bicyclic) bond motifs is 1. The van der Waals surface area contributed by atoms with Crippen molar-refractivity contribution in [2.75, 3.05) is 31.7 Å². The van der Waals surface area contributed by atoms with Crippen molar-refractivity contribution < 1.29 is 18.7 Å². The second-order valence-electron chi connectivity index (χ2n) is 5.92. The number of hydrogen-bond acceptors (Lipinski definition) is 6. The van der Waals surface area contributed by atoms with Crippen LogP contribution < -0.4 is 15.3 Å². The van der Waals surface area contributed by atoms with E-state index in [1.165, 1.54) is 7.11 Å². The summed E-state index contributed by atoms with van der Waals surface area (Å²) in [6.45, 7) is 11.8. The Labute approximate surface area is 153 Å². The Morgan fingerprint density at radius 1 is 1.19 bits per heavy atom. The van der Waals surface area contributed by atoms with Crippen LogP contribution >= 0.6 is 0 Å². The van der Waals surface area contributed by atoms with Crippen LogP contribution in [0.1, 0.15) is 49.2 Å². The van der Waals surface area contributed by atoms with Crippen LogP contribution in [-0.2, 0) is 11.2 Å². The van der Waals surface area contributed by atoms with Crippen LogP contribution in [0.15, 0.2) is 15.3 Å². The fourth-order valence-electron chi connectivity index (χ4n) is 3.44. The van der Waals surface area contributed by atoms with Gasteiger partial charge >= 0.3 is 11.6 Å². The van der Waals surface area contributed by atoms with Crippen molar-refractivity contribution in [2.45, 2.75) is 41.0 Å². The van der Waals surface area contributed by atoms with Crippen LogP contribution in [0.25, 0.3) is 11.0 Å². The van der Waals surface area contributed by atoms with Gasteiger partial charge in [-0.1, -0.05) is 6.92 Å². The van der Waals surface area contributed by atoms with Crippen LogP contribution in [0.2, 0.25) is 0 Å². The van der Waals surface area contributed by atoms with Crippen LogP contribution in [0.3, 0.4) is 0 Å². The molecule has 0 amide bonds. The molecule has 2 rings (SSSR count). The van der Waals surface area contributed by atoms with Gasteiger partial charge in [-0.15, -0.1) is 0 Å². The third-order valence-corrected chi connectivity index (χ3v) is 4.66. The highest BCUT2D eigenvalue weighted by atomic mass is 16.5. The zero-order valence-electron chi connectivity index (χ0n) is 16.4. The van der Waals surface area contributed by atoms with Crippen molar-refractivity contribution >= 4 is 22.6 Å². The normalized spacial score (nSPS) is 10.8. The number of anilines is 1. The highest BCUT2D eigenvalue weighted by Crippen LogP contribution is 2.36. The van der Waals surface area contributed by atoms with Crippen molar-refractivity contribution in [1.29, 1.82) is 0 Å². The maximum Gasteiger partial charge on any atom is 0.379 e. The number of benzene rings is 1. The van der Waals surface area contributed by atoms with Gasteiger partial charge in [0.2, 0.25) is 5.75 Å². The first-order valence-corrected chi connectivity index (χ1v) is 9.04. The van der Waals surface area contributed by atoms with E-state index in [1.807, 2.05) is 13.0 Å². The van der Waals surface area contributed by atoms with Crippen molar-refractivity contribution in [2.24, 2.45) is 0 Å². The minimum Gasteiger partial charge on any atom is -0.489 e. The van der Waals surface area contributed by atoms with Gasteiger partial charge in [0, 0.05) is 30.2 Å². The monoisotopic (exact) mass is 361 g/mol. The number of nitrogens with zero attached hydrogens (tertiary/aromatic N) is 1. The summed E-state index contributed by atoms with van der Waals surface area (Å²) in [5, 5.41) is 0.577. The van der Waals surface area contributed by atoms with Gasteiger partial charge in [0.25, 0.3) is 0 Å². The Hall–Kier alpha value is -2.50. The molecule has 0 saturated carbocycles. The van der Waals surface area contributed by atoms with Crippen LogP contribution in [0, 0.1) is 6.92 Å². The number of methoxy groups -OCH3 is 1. The summed E-state index contributed by atoms with van der Waals surface area (Å²) in [4.78, 5) is 27.2. The number of aryl methyl sites for hydroxylation is 1. The van der Waals surface area contributed by atoms with Crippen LogP contribution in [0.5, 0.6) is 5.75 Å². The lowest BCUT2D eigenvalue weighted by molar-refractivity contribution is 0.0524. The second kappa shape index (κ2) is 8.25. The van der Waals surface area contributed by atoms with E-state index in [4.69, 9.17) is 13.9 Å². The maximum atomic E-state index is 12.6. The molecule has 6 heteroatoms. The summed E-state index contributed by atoms with van der Waals surface area (Å²) < 4.78 is 15.9. The van der Waals surface area contributed by atoms with Gasteiger partial charge < -0.3 is 18.8 Å². The maximum absolute atomic E-state index is 12.6. The highest BCUT2D eigenvalue weighted by molar-refractivity contribution is 6.07. The van der Waals surface area contributed by atoms with Crippen molar-refractivity contribution in [1.82, 2.24) is 0 Å². The Kier molecular flexibility index (Phi) is 6.29. The fraction of sp³-hybridized carbons (Fsp3) is 0.500. The van der Waals surface area contributed by atoms with Crippen molar-refractivity contribution in [3.05, 3.63) is 33.2 Å². The number of rotatable bonds is 7. The Morgan fingerprint density at radius 3 is 2.35 bits per heavy atom. The van der Waals surface area contributed by atoms with Crippen LogP contribution in [-0.4, -0.2) is 32.8 Å². The minimum atomic E-state index is -0.683.